The van der Waals surface area contributed by atoms with E-state index in [1.165, 1.54) is 24.6 Å². The van der Waals surface area contributed by atoms with Crippen LogP contribution in [0.2, 0.25) is 0 Å². The third-order valence-electron chi connectivity index (χ3n) is 5.60. The minimum Gasteiger partial charge on any atom is -0.486 e. The van der Waals surface area contributed by atoms with Crippen LogP contribution in [0.5, 0.6) is 11.5 Å². The first-order chi connectivity index (χ1) is 13.7. The van der Waals surface area contributed by atoms with Gasteiger partial charge in [0, 0.05) is 12.6 Å². The molecule has 0 spiro atoms. The van der Waals surface area contributed by atoms with Gasteiger partial charge in [-0.1, -0.05) is 17.8 Å². The zero-order valence-electron chi connectivity index (χ0n) is 16.0. The lowest BCUT2D eigenvalue weighted by Crippen LogP contribution is -2.32. The average Bonchev–Trinajstić information content (AvgIpc) is 3.30. The van der Waals surface area contributed by atoms with Crippen molar-refractivity contribution in [3.05, 3.63) is 29.6 Å². The van der Waals surface area contributed by atoms with E-state index in [1.807, 2.05) is 24.0 Å². The molecule has 1 aromatic heterocycles. The van der Waals surface area contributed by atoms with Gasteiger partial charge in [0.2, 0.25) is 5.91 Å². The van der Waals surface area contributed by atoms with Gasteiger partial charge in [-0.05, 0) is 50.3 Å². The molecule has 1 atom stereocenters. The standard InChI is InChI=1S/C20H24N4O3S/c1-13-21-22-20(24(13)15-5-6-15)28-12-19(25)23-8-2-3-16(23)14-4-7-17-18(11-14)27-10-9-26-17/h4,7,11,15-16H,2-3,5-6,8-10,12H2,1H3/t16-/m1/s1. The van der Waals surface area contributed by atoms with Gasteiger partial charge >= 0.3 is 0 Å². The fourth-order valence-corrected chi connectivity index (χ4v) is 5.03. The molecule has 3 heterocycles. The molecule has 7 nitrogen and oxygen atoms in total. The van der Waals surface area contributed by atoms with Gasteiger partial charge in [-0.3, -0.25) is 4.79 Å². The lowest BCUT2D eigenvalue weighted by molar-refractivity contribution is -0.129. The SMILES string of the molecule is Cc1nnc(SCC(=O)N2CCC[C@@H]2c2ccc3c(c2)OCCO3)n1C1CC1. The van der Waals surface area contributed by atoms with Crippen LogP contribution in [0.3, 0.4) is 0 Å². The summed E-state index contributed by atoms with van der Waals surface area (Å²) in [7, 11) is 0. The number of hydrogen-bond donors (Lipinski definition) is 0. The van der Waals surface area contributed by atoms with E-state index in [0.717, 1.165) is 47.4 Å². The Labute approximate surface area is 168 Å². The van der Waals surface area contributed by atoms with Crippen molar-refractivity contribution < 1.29 is 14.3 Å². The Hall–Kier alpha value is -2.22. The van der Waals surface area contributed by atoms with Crippen molar-refractivity contribution in [3.63, 3.8) is 0 Å². The van der Waals surface area contributed by atoms with E-state index < -0.39 is 0 Å². The number of aryl methyl sites for hydroxylation is 1. The fraction of sp³-hybridized carbons (Fsp3) is 0.550. The van der Waals surface area contributed by atoms with Crippen LogP contribution in [0.4, 0.5) is 0 Å². The van der Waals surface area contributed by atoms with E-state index in [2.05, 4.69) is 20.8 Å². The third kappa shape index (κ3) is 3.34. The molecule has 1 amide bonds. The van der Waals surface area contributed by atoms with E-state index in [-0.39, 0.29) is 11.9 Å². The first-order valence-corrected chi connectivity index (χ1v) is 10.9. The van der Waals surface area contributed by atoms with Crippen molar-refractivity contribution in [2.75, 3.05) is 25.5 Å². The number of thioether (sulfide) groups is 1. The van der Waals surface area contributed by atoms with Gasteiger partial charge in [-0.15, -0.1) is 10.2 Å². The molecule has 1 saturated carbocycles. The summed E-state index contributed by atoms with van der Waals surface area (Å²) in [5, 5.41) is 9.34. The molecule has 1 saturated heterocycles. The van der Waals surface area contributed by atoms with Crippen molar-refractivity contribution in [1.82, 2.24) is 19.7 Å². The molecule has 2 fully saturated rings. The Balaban J connectivity index is 1.28. The fourth-order valence-electron chi connectivity index (χ4n) is 4.09. The van der Waals surface area contributed by atoms with Gasteiger partial charge in [0.15, 0.2) is 16.7 Å². The maximum absolute atomic E-state index is 13.0. The first-order valence-electron chi connectivity index (χ1n) is 9.94. The Morgan fingerprint density at radius 2 is 2.00 bits per heavy atom. The summed E-state index contributed by atoms with van der Waals surface area (Å²) in [6, 6.07) is 6.67. The zero-order valence-corrected chi connectivity index (χ0v) is 16.8. The van der Waals surface area contributed by atoms with E-state index in [4.69, 9.17) is 9.47 Å². The van der Waals surface area contributed by atoms with Gasteiger partial charge in [0.1, 0.15) is 19.0 Å². The number of likely N-dealkylation sites (tertiary alicyclic amines) is 1. The number of amides is 1. The summed E-state index contributed by atoms with van der Waals surface area (Å²) >= 11 is 1.50. The van der Waals surface area contributed by atoms with Crippen LogP contribution in [0, 0.1) is 6.92 Å². The minimum absolute atomic E-state index is 0.104. The van der Waals surface area contributed by atoms with E-state index in [9.17, 15) is 4.79 Å². The van der Waals surface area contributed by atoms with Gasteiger partial charge in [-0.25, -0.2) is 0 Å². The molecule has 2 aromatic rings. The Kier molecular flexibility index (Phi) is 4.66. The second-order valence-electron chi connectivity index (χ2n) is 7.57. The number of rotatable bonds is 5. The molecular weight excluding hydrogens is 376 g/mol. The average molecular weight is 401 g/mol. The molecule has 5 rings (SSSR count). The van der Waals surface area contributed by atoms with Gasteiger partial charge in [-0.2, -0.15) is 0 Å². The maximum atomic E-state index is 13.0. The van der Waals surface area contributed by atoms with Crippen LogP contribution in [-0.2, 0) is 4.79 Å². The summed E-state index contributed by atoms with van der Waals surface area (Å²) in [6.45, 7) is 3.94. The summed E-state index contributed by atoms with van der Waals surface area (Å²) in [5.41, 5.74) is 1.12. The molecule has 2 aliphatic heterocycles. The van der Waals surface area contributed by atoms with Crippen LogP contribution in [0.25, 0.3) is 0 Å². The number of carbonyl (C=O) groups is 1. The highest BCUT2D eigenvalue weighted by molar-refractivity contribution is 7.99. The first kappa shape index (κ1) is 17.8. The highest BCUT2D eigenvalue weighted by Crippen LogP contribution is 2.40. The topological polar surface area (TPSA) is 69.5 Å². The van der Waals surface area contributed by atoms with Crippen LogP contribution in [0.1, 0.15) is 49.2 Å². The number of hydrogen-bond acceptors (Lipinski definition) is 6. The summed E-state index contributed by atoms with van der Waals surface area (Å²) in [6.07, 6.45) is 4.36. The summed E-state index contributed by atoms with van der Waals surface area (Å²) < 4.78 is 13.5. The largest absolute Gasteiger partial charge is 0.486 e. The van der Waals surface area contributed by atoms with Crippen LogP contribution >= 0.6 is 11.8 Å². The Morgan fingerprint density at radius 1 is 1.18 bits per heavy atom. The normalized spacial score (nSPS) is 21.2. The molecule has 0 radical (unpaired) electrons. The maximum Gasteiger partial charge on any atom is 0.233 e. The predicted molar refractivity (Wildman–Crippen MR) is 105 cm³/mol. The van der Waals surface area contributed by atoms with Crippen molar-refractivity contribution in [1.29, 1.82) is 0 Å². The Morgan fingerprint density at radius 3 is 2.82 bits per heavy atom. The second kappa shape index (κ2) is 7.31. The molecule has 148 valence electrons. The molecule has 0 unspecified atom stereocenters. The number of fused-ring (bicyclic) bond motifs is 1. The molecule has 8 heteroatoms. The minimum atomic E-state index is 0.104. The molecule has 1 aliphatic carbocycles. The summed E-state index contributed by atoms with van der Waals surface area (Å²) in [4.78, 5) is 15.0. The molecule has 1 aromatic carbocycles. The van der Waals surface area contributed by atoms with Crippen LogP contribution < -0.4 is 9.47 Å². The van der Waals surface area contributed by atoms with Gasteiger partial charge in [0.25, 0.3) is 0 Å². The number of aromatic nitrogens is 3. The monoisotopic (exact) mass is 400 g/mol. The highest BCUT2D eigenvalue weighted by atomic mass is 32.2. The Bertz CT molecular complexity index is 896. The number of benzene rings is 1. The van der Waals surface area contributed by atoms with E-state index in [1.54, 1.807) is 0 Å². The lowest BCUT2D eigenvalue weighted by Gasteiger charge is -2.26. The number of ether oxygens (including phenoxy) is 2. The van der Waals surface area contributed by atoms with Crippen molar-refractivity contribution in [2.45, 2.75) is 49.8 Å². The molecule has 28 heavy (non-hydrogen) atoms. The van der Waals surface area contributed by atoms with E-state index in [0.29, 0.717) is 25.0 Å². The van der Waals surface area contributed by atoms with Gasteiger partial charge in [0.05, 0.1) is 11.8 Å². The molecule has 3 aliphatic rings. The van der Waals surface area contributed by atoms with Crippen LogP contribution in [0.15, 0.2) is 23.4 Å². The van der Waals surface area contributed by atoms with Crippen molar-refractivity contribution in [2.24, 2.45) is 0 Å². The molecule has 0 N–H and O–H groups in total. The molecular formula is C20H24N4O3S. The lowest BCUT2D eigenvalue weighted by atomic mass is 10.0. The smallest absolute Gasteiger partial charge is 0.233 e. The molecule has 0 bridgehead atoms. The predicted octanol–water partition coefficient (Wildman–Crippen LogP) is 3.15. The van der Waals surface area contributed by atoms with Crippen molar-refractivity contribution in [3.8, 4) is 11.5 Å². The quantitative estimate of drug-likeness (QED) is 0.718. The third-order valence-corrected chi connectivity index (χ3v) is 6.52. The van der Waals surface area contributed by atoms with Crippen molar-refractivity contribution >= 4 is 17.7 Å². The zero-order chi connectivity index (χ0) is 19.1. The summed E-state index contributed by atoms with van der Waals surface area (Å²) in [5.74, 6) is 3.06. The number of carbonyl (C=O) groups excluding carboxylic acids is 1. The van der Waals surface area contributed by atoms with Gasteiger partial charge < -0.3 is 18.9 Å². The number of nitrogens with zero attached hydrogens (tertiary/aromatic N) is 4. The second-order valence-corrected chi connectivity index (χ2v) is 8.51. The van der Waals surface area contributed by atoms with E-state index >= 15 is 0 Å². The van der Waals surface area contributed by atoms with Crippen LogP contribution in [-0.4, -0.2) is 51.1 Å². The highest BCUT2D eigenvalue weighted by Gasteiger charge is 2.32.